The number of nitriles is 1. The molecule has 0 atom stereocenters. The minimum atomic E-state index is -1.16. The van der Waals surface area contributed by atoms with E-state index in [0.29, 0.717) is 9.13 Å². The third kappa shape index (κ3) is 3.97. The lowest BCUT2D eigenvalue weighted by Crippen LogP contribution is -2.47. The van der Waals surface area contributed by atoms with Gasteiger partial charge in [-0.15, -0.1) is 0 Å². The second-order valence-electron chi connectivity index (χ2n) is 3.09. The van der Waals surface area contributed by atoms with E-state index in [0.717, 1.165) is 0 Å². The Morgan fingerprint density at radius 1 is 1.19 bits per heavy atom. The fraction of sp³-hybridized carbons (Fsp3) is 0.333. The van der Waals surface area contributed by atoms with Crippen LogP contribution in [0, 0.1) is 11.5 Å². The third-order valence-corrected chi connectivity index (χ3v) is 1.97. The molecule has 0 amide bonds. The summed E-state index contributed by atoms with van der Waals surface area (Å²) in [4.78, 5) is 53.3. The van der Waals surface area contributed by atoms with Crippen LogP contribution < -0.4 is 17.1 Å². The molecule has 1 rings (SSSR count). The second kappa shape index (κ2) is 7.80. The molecule has 0 bridgehead atoms. The molecule has 1 aromatic rings. The highest BCUT2D eigenvalue weighted by molar-refractivity contribution is 5.32. The van der Waals surface area contributed by atoms with Gasteiger partial charge in [-0.3, -0.25) is 0 Å². The van der Waals surface area contributed by atoms with Crippen LogP contribution in [-0.2, 0) is 27.7 Å². The van der Waals surface area contributed by atoms with E-state index in [1.54, 1.807) is 0 Å². The van der Waals surface area contributed by atoms with Gasteiger partial charge in [-0.05, 0) is 0 Å². The van der Waals surface area contributed by atoms with Crippen LogP contribution in [0.5, 0.6) is 0 Å². The molecule has 0 radical (unpaired) electrons. The number of nitrogens with zero attached hydrogens (tertiary/aromatic N) is 6. The molecule has 0 aliphatic heterocycles. The van der Waals surface area contributed by atoms with Gasteiger partial charge < -0.3 is 9.15 Å². The van der Waals surface area contributed by atoms with Gasteiger partial charge in [-0.25, -0.2) is 28.7 Å². The van der Waals surface area contributed by atoms with Crippen molar-refractivity contribution in [2.24, 2.45) is 15.0 Å². The van der Waals surface area contributed by atoms with E-state index >= 15 is 0 Å². The lowest BCUT2D eigenvalue weighted by atomic mass is 10.8. The van der Waals surface area contributed by atoms with Crippen LogP contribution in [0.4, 0.5) is 0 Å². The lowest BCUT2D eigenvalue weighted by molar-refractivity contribution is 0.158. The molecule has 0 saturated heterocycles. The van der Waals surface area contributed by atoms with Crippen LogP contribution in [0.2, 0.25) is 0 Å². The summed E-state index contributed by atoms with van der Waals surface area (Å²) in [6.07, 6.45) is 3.66. The number of carbonyl (C=O) groups excluding carboxylic acids is 2. The molecule has 12 nitrogen and oxygen atoms in total. The predicted octanol–water partition coefficient (Wildman–Crippen LogP) is -2.45. The van der Waals surface area contributed by atoms with Crippen molar-refractivity contribution in [1.29, 1.82) is 5.26 Å². The Morgan fingerprint density at radius 3 is 2.52 bits per heavy atom. The average Bonchev–Trinajstić information content (AvgIpc) is 2.47. The number of hydrogen-bond donors (Lipinski definition) is 0. The molecular formula is C9H6N6O6. The van der Waals surface area contributed by atoms with E-state index in [2.05, 4.69) is 19.7 Å². The summed E-state index contributed by atoms with van der Waals surface area (Å²) < 4.78 is 10.1. The van der Waals surface area contributed by atoms with Gasteiger partial charge in [0.1, 0.15) is 13.3 Å². The normalized spacial score (nSPS) is 10.1. The molecule has 1 aromatic heterocycles. The first-order chi connectivity index (χ1) is 10.2. The molecule has 0 saturated carbocycles. The zero-order chi connectivity index (χ0) is 15.7. The lowest BCUT2D eigenvalue weighted by Gasteiger charge is -2.05. The van der Waals surface area contributed by atoms with Crippen molar-refractivity contribution < 1.29 is 18.7 Å². The van der Waals surface area contributed by atoms with Crippen LogP contribution in [-0.4, -0.2) is 28.0 Å². The van der Waals surface area contributed by atoms with Crippen LogP contribution in [0.1, 0.15) is 0 Å². The zero-order valence-electron chi connectivity index (χ0n) is 10.3. The van der Waals surface area contributed by atoms with Gasteiger partial charge in [0.25, 0.3) is 6.26 Å². The van der Waals surface area contributed by atoms with E-state index in [1.807, 2.05) is 0 Å². The van der Waals surface area contributed by atoms with Crippen molar-refractivity contribution >= 4 is 12.2 Å². The van der Waals surface area contributed by atoms with Crippen molar-refractivity contribution in [2.45, 2.75) is 13.4 Å². The van der Waals surface area contributed by atoms with Gasteiger partial charge >= 0.3 is 17.1 Å². The van der Waals surface area contributed by atoms with Crippen LogP contribution in [0.3, 0.4) is 0 Å². The van der Waals surface area contributed by atoms with E-state index in [-0.39, 0.29) is 0 Å². The Bertz CT molecular complexity index is 826. The Labute approximate surface area is 114 Å². The van der Waals surface area contributed by atoms with Crippen molar-refractivity contribution in [1.82, 2.24) is 9.13 Å². The predicted molar refractivity (Wildman–Crippen MR) is 60.6 cm³/mol. The first kappa shape index (κ1) is 15.5. The van der Waals surface area contributed by atoms with Gasteiger partial charge in [0.05, 0.1) is 0 Å². The number of aliphatic imine (C=N–C) groups is 2. The van der Waals surface area contributed by atoms with E-state index < -0.39 is 37.2 Å². The molecule has 0 aliphatic carbocycles. The molecule has 1 heterocycles. The fourth-order valence-electron chi connectivity index (χ4n) is 1.16. The number of hydrogen-bond acceptors (Lipinski definition) is 10. The third-order valence-electron chi connectivity index (χ3n) is 1.97. The molecule has 0 aromatic carbocycles. The first-order valence-corrected chi connectivity index (χ1v) is 5.09. The molecule has 0 N–H and O–H groups in total. The highest BCUT2D eigenvalue weighted by Crippen LogP contribution is 1.78. The van der Waals surface area contributed by atoms with Gasteiger partial charge in [0, 0.05) is 0 Å². The summed E-state index contributed by atoms with van der Waals surface area (Å²) in [5.41, 5.74) is -1.51. The summed E-state index contributed by atoms with van der Waals surface area (Å²) in [7, 11) is 0. The van der Waals surface area contributed by atoms with Crippen molar-refractivity contribution in [3.8, 4) is 6.26 Å². The Kier molecular flexibility index (Phi) is 5.76. The Balaban J connectivity index is 3.51. The van der Waals surface area contributed by atoms with E-state index in [1.165, 1.54) is 18.4 Å². The summed E-state index contributed by atoms with van der Waals surface area (Å²) in [5, 5.41) is 8.25. The minimum Gasteiger partial charge on any atom is -0.405 e. The van der Waals surface area contributed by atoms with Gasteiger partial charge in [0.2, 0.25) is 12.2 Å². The summed E-state index contributed by atoms with van der Waals surface area (Å²) in [6.45, 7) is -1.67. The monoisotopic (exact) mass is 294 g/mol. The van der Waals surface area contributed by atoms with Gasteiger partial charge in [-0.1, -0.05) is 0 Å². The maximum atomic E-state index is 12.0. The van der Waals surface area contributed by atoms with Crippen molar-refractivity contribution in [3.05, 3.63) is 26.7 Å². The van der Waals surface area contributed by atoms with Crippen molar-refractivity contribution in [3.63, 3.8) is 0 Å². The zero-order valence-corrected chi connectivity index (χ0v) is 10.3. The summed E-state index contributed by atoms with van der Waals surface area (Å²) >= 11 is 0. The molecule has 0 aliphatic rings. The molecule has 12 heteroatoms. The quantitative estimate of drug-likeness (QED) is 0.319. The van der Waals surface area contributed by atoms with Crippen LogP contribution in [0.25, 0.3) is 0 Å². The maximum Gasteiger partial charge on any atom is 0.428 e. The molecule has 108 valence electrons. The van der Waals surface area contributed by atoms with Crippen LogP contribution in [0.15, 0.2) is 29.0 Å². The Morgan fingerprint density at radius 2 is 1.90 bits per heavy atom. The standard InChI is InChI=1S/C9H6N6O6/c10-1-20-6-15-8(18)14(3-12-5-17)7(21-9(15)19)13-2-11-4-16/h2-3,6H2. The maximum absolute atomic E-state index is 12.0. The number of rotatable bonds is 6. The molecule has 0 spiro atoms. The van der Waals surface area contributed by atoms with Crippen LogP contribution >= 0.6 is 0 Å². The molecule has 0 fully saturated rings. The Hall–Kier alpha value is -3.54. The summed E-state index contributed by atoms with van der Waals surface area (Å²) in [6, 6.07) is 0. The SMILES string of the molecule is N#COCn1c(=O)oc(=NCN=C=O)n(CN=C=O)c1=O. The topological polar surface area (TPSA) is 161 Å². The highest BCUT2D eigenvalue weighted by Gasteiger charge is 2.10. The smallest absolute Gasteiger partial charge is 0.405 e. The number of isocyanates is 2. The van der Waals surface area contributed by atoms with Crippen molar-refractivity contribution in [2.75, 3.05) is 6.67 Å². The number of aromatic nitrogens is 2. The average molecular weight is 294 g/mol. The van der Waals surface area contributed by atoms with E-state index in [9.17, 15) is 19.2 Å². The first-order valence-electron chi connectivity index (χ1n) is 5.09. The number of ether oxygens (including phenoxy) is 1. The highest BCUT2D eigenvalue weighted by atomic mass is 16.5. The molecule has 21 heavy (non-hydrogen) atoms. The van der Waals surface area contributed by atoms with Gasteiger partial charge in [-0.2, -0.15) is 19.8 Å². The molecular weight excluding hydrogens is 288 g/mol. The fourth-order valence-corrected chi connectivity index (χ4v) is 1.16. The van der Waals surface area contributed by atoms with E-state index in [4.69, 9.17) is 9.68 Å². The second-order valence-corrected chi connectivity index (χ2v) is 3.09. The molecule has 0 unspecified atom stereocenters. The minimum absolute atomic E-state index is 0.436. The summed E-state index contributed by atoms with van der Waals surface area (Å²) in [5.74, 6) is -1.16. The largest absolute Gasteiger partial charge is 0.428 e. The van der Waals surface area contributed by atoms with Gasteiger partial charge in [0.15, 0.2) is 6.73 Å².